The summed E-state index contributed by atoms with van der Waals surface area (Å²) in [4.78, 5) is 2.45. The van der Waals surface area contributed by atoms with Gasteiger partial charge in [0, 0.05) is 42.1 Å². The van der Waals surface area contributed by atoms with Crippen molar-refractivity contribution in [2.45, 2.75) is 39.3 Å². The quantitative estimate of drug-likeness (QED) is 0.677. The predicted molar refractivity (Wildman–Crippen MR) is 108 cm³/mol. The molecule has 2 heterocycles. The van der Waals surface area contributed by atoms with Crippen molar-refractivity contribution in [1.82, 2.24) is 9.47 Å². The molecule has 1 atom stereocenters. The normalized spacial score (nSPS) is 17.5. The molecule has 4 rings (SSSR count). The highest BCUT2D eigenvalue weighted by Crippen LogP contribution is 2.38. The Morgan fingerprint density at radius 1 is 1.15 bits per heavy atom. The summed E-state index contributed by atoms with van der Waals surface area (Å²) in [6.45, 7) is 6.68. The number of likely N-dealkylation sites (N-methyl/N-ethyl adjacent to an activating group) is 1. The zero-order chi connectivity index (χ0) is 18.3. The molecule has 3 aromatic rings. The number of ether oxygens (including phenoxy) is 1. The topological polar surface area (TPSA) is 17.4 Å². The maximum absolute atomic E-state index is 5.51. The van der Waals surface area contributed by atoms with E-state index in [2.05, 4.69) is 72.8 Å². The maximum atomic E-state index is 5.51. The summed E-state index contributed by atoms with van der Waals surface area (Å²) in [6.07, 6.45) is 2.18. The fourth-order valence-electron chi connectivity index (χ4n) is 4.35. The van der Waals surface area contributed by atoms with Crippen molar-refractivity contribution in [2.24, 2.45) is 0 Å². The molecule has 1 aromatic heterocycles. The van der Waals surface area contributed by atoms with Gasteiger partial charge in [-0.05, 0) is 62.2 Å². The Morgan fingerprint density at radius 2 is 1.96 bits per heavy atom. The van der Waals surface area contributed by atoms with Gasteiger partial charge in [0.15, 0.2) is 0 Å². The predicted octanol–water partition coefficient (Wildman–Crippen LogP) is 4.75. The molecule has 0 fully saturated rings. The third-order valence-electron chi connectivity index (χ3n) is 6.07. The van der Waals surface area contributed by atoms with Crippen molar-refractivity contribution in [3.8, 4) is 5.75 Å². The van der Waals surface area contributed by atoms with Gasteiger partial charge in [0.1, 0.15) is 5.75 Å². The maximum Gasteiger partial charge on any atom is 0.119 e. The van der Waals surface area contributed by atoms with E-state index in [-0.39, 0.29) is 0 Å². The van der Waals surface area contributed by atoms with Gasteiger partial charge in [-0.25, -0.2) is 0 Å². The van der Waals surface area contributed by atoms with Gasteiger partial charge in [-0.1, -0.05) is 24.3 Å². The van der Waals surface area contributed by atoms with Gasteiger partial charge >= 0.3 is 0 Å². The monoisotopic (exact) mass is 348 g/mol. The van der Waals surface area contributed by atoms with E-state index in [1.54, 1.807) is 7.11 Å². The van der Waals surface area contributed by atoms with E-state index in [9.17, 15) is 0 Å². The summed E-state index contributed by atoms with van der Waals surface area (Å²) in [6, 6.07) is 15.7. The molecule has 0 spiro atoms. The van der Waals surface area contributed by atoms with Crippen LogP contribution in [-0.2, 0) is 19.4 Å². The van der Waals surface area contributed by atoms with Gasteiger partial charge in [-0.2, -0.15) is 0 Å². The lowest BCUT2D eigenvalue weighted by Crippen LogP contribution is -2.31. The molecule has 3 heteroatoms. The van der Waals surface area contributed by atoms with Crippen molar-refractivity contribution in [1.29, 1.82) is 0 Å². The second-order valence-electron chi connectivity index (χ2n) is 7.48. The molecule has 1 aliphatic heterocycles. The highest BCUT2D eigenvalue weighted by atomic mass is 16.5. The van der Waals surface area contributed by atoms with E-state index < -0.39 is 0 Å². The fraction of sp³-hybridized carbons (Fsp3) is 0.391. The number of hydrogen-bond acceptors (Lipinski definition) is 2. The molecular formula is C23H28N2O. The van der Waals surface area contributed by atoms with Crippen molar-refractivity contribution in [2.75, 3.05) is 20.7 Å². The van der Waals surface area contributed by atoms with Crippen LogP contribution in [0.15, 0.2) is 42.5 Å². The number of hydrogen-bond donors (Lipinski definition) is 0. The minimum atomic E-state index is 0.438. The Hall–Kier alpha value is -2.26. The van der Waals surface area contributed by atoms with Crippen LogP contribution in [-0.4, -0.2) is 30.2 Å². The molecule has 136 valence electrons. The number of rotatable bonds is 4. The van der Waals surface area contributed by atoms with Crippen molar-refractivity contribution >= 4 is 10.9 Å². The smallest absolute Gasteiger partial charge is 0.119 e. The van der Waals surface area contributed by atoms with Crippen LogP contribution in [0.3, 0.4) is 0 Å². The van der Waals surface area contributed by atoms with E-state index in [0.717, 1.165) is 31.7 Å². The molecule has 1 aliphatic rings. The van der Waals surface area contributed by atoms with Crippen LogP contribution in [0.25, 0.3) is 10.9 Å². The minimum absolute atomic E-state index is 0.438. The van der Waals surface area contributed by atoms with Gasteiger partial charge in [0.2, 0.25) is 0 Å². The number of benzene rings is 2. The Kier molecular flexibility index (Phi) is 4.49. The molecule has 0 N–H and O–H groups in total. The zero-order valence-corrected chi connectivity index (χ0v) is 16.2. The Labute approximate surface area is 156 Å². The zero-order valence-electron chi connectivity index (χ0n) is 16.2. The second-order valence-corrected chi connectivity index (χ2v) is 7.48. The number of methoxy groups -OCH3 is 1. The highest BCUT2D eigenvalue weighted by Gasteiger charge is 2.28. The average molecular weight is 348 g/mol. The number of aryl methyl sites for hydroxylation is 3. The van der Waals surface area contributed by atoms with Crippen LogP contribution < -0.4 is 4.74 Å². The van der Waals surface area contributed by atoms with E-state index in [1.165, 1.54) is 33.3 Å². The number of aromatic nitrogens is 1. The fourth-order valence-corrected chi connectivity index (χ4v) is 4.35. The van der Waals surface area contributed by atoms with E-state index >= 15 is 0 Å². The molecular weight excluding hydrogens is 320 g/mol. The first kappa shape index (κ1) is 17.2. The van der Waals surface area contributed by atoms with Crippen LogP contribution in [0, 0.1) is 6.92 Å². The molecule has 2 aromatic carbocycles. The Balaban J connectivity index is 1.80. The van der Waals surface area contributed by atoms with E-state index in [0.29, 0.717) is 6.04 Å². The first-order valence-electron chi connectivity index (χ1n) is 9.54. The van der Waals surface area contributed by atoms with Gasteiger partial charge in [-0.15, -0.1) is 0 Å². The first-order chi connectivity index (χ1) is 12.6. The second kappa shape index (κ2) is 6.81. The third-order valence-corrected chi connectivity index (χ3v) is 6.07. The Morgan fingerprint density at radius 3 is 2.73 bits per heavy atom. The molecule has 3 nitrogen and oxygen atoms in total. The molecule has 1 unspecified atom stereocenters. The van der Waals surface area contributed by atoms with Crippen LogP contribution >= 0.6 is 0 Å². The molecule has 0 aliphatic carbocycles. The van der Waals surface area contributed by atoms with Crippen molar-refractivity contribution < 1.29 is 4.74 Å². The molecule has 0 bridgehead atoms. The summed E-state index contributed by atoms with van der Waals surface area (Å²) < 4.78 is 8.06. The SMILES string of the molecule is COc1ccc2c(c1)c1c(n2CCc2ccccc2C)CCN(C)C1C. The summed E-state index contributed by atoms with van der Waals surface area (Å²) in [5.74, 6) is 0.941. The molecule has 0 saturated carbocycles. The van der Waals surface area contributed by atoms with Crippen molar-refractivity contribution in [3.63, 3.8) is 0 Å². The summed E-state index contributed by atoms with van der Waals surface area (Å²) in [7, 11) is 3.97. The van der Waals surface area contributed by atoms with Crippen LogP contribution in [0.5, 0.6) is 5.75 Å². The lowest BCUT2D eigenvalue weighted by Gasteiger charge is -2.31. The molecule has 26 heavy (non-hydrogen) atoms. The highest BCUT2D eigenvalue weighted by molar-refractivity contribution is 5.87. The van der Waals surface area contributed by atoms with Crippen molar-refractivity contribution in [3.05, 3.63) is 64.8 Å². The summed E-state index contributed by atoms with van der Waals surface area (Å²) >= 11 is 0. The van der Waals surface area contributed by atoms with E-state index in [4.69, 9.17) is 4.74 Å². The third kappa shape index (κ3) is 2.80. The minimum Gasteiger partial charge on any atom is -0.497 e. The Bertz CT molecular complexity index is 941. The summed E-state index contributed by atoms with van der Waals surface area (Å²) in [5.41, 5.74) is 7.15. The number of nitrogens with zero attached hydrogens (tertiary/aromatic N) is 2. The van der Waals surface area contributed by atoms with Crippen LogP contribution in [0.4, 0.5) is 0 Å². The van der Waals surface area contributed by atoms with E-state index in [1.807, 2.05) is 0 Å². The largest absolute Gasteiger partial charge is 0.497 e. The molecule has 0 saturated heterocycles. The van der Waals surface area contributed by atoms with Crippen LogP contribution in [0.2, 0.25) is 0 Å². The molecule has 0 radical (unpaired) electrons. The average Bonchev–Trinajstić information content (AvgIpc) is 2.97. The van der Waals surface area contributed by atoms with Crippen LogP contribution in [0.1, 0.15) is 35.3 Å². The summed E-state index contributed by atoms with van der Waals surface area (Å²) in [5, 5.41) is 1.35. The lowest BCUT2D eigenvalue weighted by molar-refractivity contribution is 0.245. The van der Waals surface area contributed by atoms with Gasteiger partial charge in [0.25, 0.3) is 0 Å². The number of fused-ring (bicyclic) bond motifs is 3. The van der Waals surface area contributed by atoms with Gasteiger partial charge in [-0.3, -0.25) is 4.90 Å². The first-order valence-corrected chi connectivity index (χ1v) is 9.54. The van der Waals surface area contributed by atoms with Gasteiger partial charge < -0.3 is 9.30 Å². The lowest BCUT2D eigenvalue weighted by atomic mass is 9.97. The van der Waals surface area contributed by atoms with Gasteiger partial charge in [0.05, 0.1) is 7.11 Å². The standard InChI is InChI=1S/C23H28N2O/c1-16-7-5-6-8-18(16)11-14-25-21-10-9-19(26-4)15-20(21)23-17(2)24(3)13-12-22(23)25/h5-10,15,17H,11-14H2,1-4H3. The molecule has 0 amide bonds.